The minimum atomic E-state index is -4.60. The number of hydrogen-bond donors (Lipinski definition) is 0. The van der Waals surface area contributed by atoms with Crippen molar-refractivity contribution in [3.8, 4) is 0 Å². The van der Waals surface area contributed by atoms with Crippen LogP contribution in [0.15, 0.2) is 66.7 Å². The molecule has 0 aliphatic carbocycles. The molecule has 0 aromatic heterocycles. The van der Waals surface area contributed by atoms with Crippen LogP contribution >= 0.6 is 7.14 Å². The van der Waals surface area contributed by atoms with Crippen molar-refractivity contribution in [1.82, 2.24) is 4.90 Å². The second-order valence-electron chi connectivity index (χ2n) is 9.37. The van der Waals surface area contributed by atoms with Crippen LogP contribution in [0.2, 0.25) is 0 Å². The molecule has 0 fully saturated rings. The smallest absolute Gasteiger partial charge is 0.748 e. The number of aryl methyl sites for hydroxylation is 2. The Balaban J connectivity index is 0.00000420. The number of carbonyl (C=O) groups is 1. The minimum Gasteiger partial charge on any atom is -0.748 e. The average molecular weight is 670 g/mol. The van der Waals surface area contributed by atoms with Gasteiger partial charge in [-0.25, -0.2) is 16.8 Å². The molecule has 41 heavy (non-hydrogen) atoms. The monoisotopic (exact) mass is 669 g/mol. The summed E-state index contributed by atoms with van der Waals surface area (Å²) in [5, 5.41) is 0.759. The molecule has 14 heteroatoms. The first-order valence-corrected chi connectivity index (χ1v) is 16.9. The van der Waals surface area contributed by atoms with Gasteiger partial charge in [0.15, 0.2) is 0 Å². The Kier molecular flexibility index (Phi) is 16.2. The maximum absolute atomic E-state index is 14.7. The molecule has 0 unspecified atom stereocenters. The largest absolute Gasteiger partial charge is 1.00 e. The summed E-state index contributed by atoms with van der Waals surface area (Å²) in [5.41, 5.74) is 2.11. The second kappa shape index (κ2) is 16.8. The Morgan fingerprint density at radius 2 is 1.17 bits per heavy atom. The van der Waals surface area contributed by atoms with Gasteiger partial charge in [-0.05, 0) is 43.0 Å². The molecule has 0 N–H and O–H groups in total. The first kappa shape index (κ1) is 39.6. The van der Waals surface area contributed by atoms with Crippen molar-refractivity contribution in [1.29, 1.82) is 0 Å². The van der Waals surface area contributed by atoms with E-state index in [1.165, 1.54) is 4.90 Å². The molecule has 0 heterocycles. The van der Waals surface area contributed by atoms with Crippen LogP contribution in [0.1, 0.15) is 32.6 Å². The average Bonchev–Trinajstić information content (AvgIpc) is 2.86. The first-order valence-electron chi connectivity index (χ1n) is 12.1. The molecule has 0 spiro atoms. The molecule has 3 aromatic rings. The van der Waals surface area contributed by atoms with Crippen LogP contribution in [0, 0.1) is 20.8 Å². The van der Waals surface area contributed by atoms with Crippen LogP contribution < -0.4 is 113 Å². The van der Waals surface area contributed by atoms with Crippen LogP contribution in [0.3, 0.4) is 0 Å². The van der Waals surface area contributed by atoms with Gasteiger partial charge in [-0.15, -0.1) is 0 Å². The standard InChI is InChI=1S/C27H32NO8PS2.2K/c1-20-18-21(2)26(22(3)25(20)19-28(14-16-38(31,32)33)15-17-39(34,35)36)27(29)37(30,23-10-6-4-7-11-23)24-12-8-5-9-13-24;;/h4-13,18H,14-17,19H2,1-3H3,(H,31,32,33)(H,34,35,36);;/q;2*+1/p-2. The summed E-state index contributed by atoms with van der Waals surface area (Å²) < 4.78 is 82.2. The molecule has 3 aromatic carbocycles. The van der Waals surface area contributed by atoms with Crippen LogP contribution in [0.25, 0.3) is 0 Å². The number of rotatable bonds is 12. The van der Waals surface area contributed by atoms with E-state index in [2.05, 4.69) is 0 Å². The van der Waals surface area contributed by atoms with Crippen molar-refractivity contribution in [2.45, 2.75) is 27.3 Å². The van der Waals surface area contributed by atoms with E-state index in [9.17, 15) is 35.3 Å². The minimum absolute atomic E-state index is 0. The molecule has 0 bridgehead atoms. The fraction of sp³-hybridized carbons (Fsp3) is 0.296. The fourth-order valence-corrected chi connectivity index (χ4v) is 8.16. The molecule has 0 aliphatic heterocycles. The maximum Gasteiger partial charge on any atom is 1.00 e. The van der Waals surface area contributed by atoms with Gasteiger partial charge < -0.3 is 13.7 Å². The van der Waals surface area contributed by atoms with Crippen LogP contribution in [-0.4, -0.2) is 61.0 Å². The van der Waals surface area contributed by atoms with Gasteiger partial charge in [0.2, 0.25) is 12.7 Å². The zero-order chi connectivity index (χ0) is 29.0. The van der Waals surface area contributed by atoms with Crippen LogP contribution in [-0.2, 0) is 31.3 Å². The Hall–Kier alpha value is 0.613. The van der Waals surface area contributed by atoms with Gasteiger partial charge in [0.1, 0.15) is 0 Å². The Bertz CT molecular complexity index is 1540. The summed E-state index contributed by atoms with van der Waals surface area (Å²) in [6.45, 7) is 4.58. The Labute approximate surface area is 327 Å². The van der Waals surface area contributed by atoms with Gasteiger partial charge in [-0.1, -0.05) is 66.7 Å². The SMILES string of the molecule is Cc1cc(C)c(C(=O)P(=O)(c2ccccc2)c2ccccc2)c(C)c1CN(CCS(=O)(=O)[O-])CCS(=O)(=O)[O-].[K+].[K+]. The normalized spacial score (nSPS) is 12.0. The van der Waals surface area contributed by atoms with E-state index in [0.717, 1.165) is 5.56 Å². The van der Waals surface area contributed by atoms with Crippen molar-refractivity contribution in [3.63, 3.8) is 0 Å². The Morgan fingerprint density at radius 1 is 0.756 bits per heavy atom. The van der Waals surface area contributed by atoms with Gasteiger partial charge in [-0.3, -0.25) is 9.69 Å². The number of hydrogen-bond acceptors (Lipinski definition) is 9. The summed E-state index contributed by atoms with van der Waals surface area (Å²) >= 11 is 0. The van der Waals surface area contributed by atoms with E-state index in [0.29, 0.717) is 27.3 Å². The molecule has 0 saturated heterocycles. The molecule has 0 radical (unpaired) electrons. The van der Waals surface area contributed by atoms with Crippen molar-refractivity contribution < 1.29 is 138 Å². The number of carbonyl (C=O) groups excluding carboxylic acids is 1. The molecular weight excluding hydrogens is 640 g/mol. The van der Waals surface area contributed by atoms with E-state index in [4.69, 9.17) is 0 Å². The van der Waals surface area contributed by atoms with Gasteiger partial charge in [0, 0.05) is 35.8 Å². The van der Waals surface area contributed by atoms with Gasteiger partial charge >= 0.3 is 103 Å². The van der Waals surface area contributed by atoms with E-state index in [-0.39, 0.29) is 128 Å². The van der Waals surface area contributed by atoms with Gasteiger partial charge in [0.05, 0.1) is 31.7 Å². The molecule has 210 valence electrons. The zero-order valence-corrected chi connectivity index (χ0v) is 32.6. The van der Waals surface area contributed by atoms with Crippen LogP contribution in [0.4, 0.5) is 0 Å². The van der Waals surface area contributed by atoms with E-state index in [1.807, 2.05) is 0 Å². The van der Waals surface area contributed by atoms with E-state index in [1.54, 1.807) is 87.5 Å². The fourth-order valence-electron chi connectivity index (χ4n) is 4.59. The van der Waals surface area contributed by atoms with E-state index >= 15 is 0 Å². The van der Waals surface area contributed by atoms with Crippen LogP contribution in [0.5, 0.6) is 0 Å². The van der Waals surface area contributed by atoms with Crippen molar-refractivity contribution in [2.24, 2.45) is 0 Å². The van der Waals surface area contributed by atoms with Gasteiger partial charge in [0.25, 0.3) is 0 Å². The summed E-state index contributed by atoms with van der Waals surface area (Å²) in [7, 11) is -13.0. The maximum atomic E-state index is 14.7. The van der Waals surface area contributed by atoms with Crippen molar-refractivity contribution in [3.05, 3.63) is 94.5 Å². The molecule has 0 saturated carbocycles. The van der Waals surface area contributed by atoms with Crippen molar-refractivity contribution >= 4 is 43.5 Å². The summed E-state index contributed by atoms with van der Waals surface area (Å²) in [6, 6.07) is 18.7. The van der Waals surface area contributed by atoms with E-state index < -0.39 is 44.4 Å². The third-order valence-corrected chi connectivity index (χ3v) is 10.8. The Morgan fingerprint density at radius 3 is 1.56 bits per heavy atom. The molecule has 0 amide bonds. The number of nitrogens with zero attached hydrogens (tertiary/aromatic N) is 1. The predicted molar refractivity (Wildman–Crippen MR) is 149 cm³/mol. The third-order valence-electron chi connectivity index (χ3n) is 6.57. The van der Waals surface area contributed by atoms with Crippen molar-refractivity contribution in [2.75, 3.05) is 24.6 Å². The zero-order valence-electron chi connectivity index (χ0n) is 23.9. The molecule has 9 nitrogen and oxygen atoms in total. The summed E-state index contributed by atoms with van der Waals surface area (Å²) in [5.74, 6) is -1.56. The first-order chi connectivity index (χ1) is 18.1. The predicted octanol–water partition coefficient (Wildman–Crippen LogP) is -3.33. The summed E-state index contributed by atoms with van der Waals surface area (Å²) in [4.78, 5) is 15.6. The number of benzene rings is 3. The van der Waals surface area contributed by atoms with Gasteiger partial charge in [-0.2, -0.15) is 0 Å². The summed E-state index contributed by atoms with van der Waals surface area (Å²) in [6.07, 6.45) is 0. The quantitative estimate of drug-likeness (QED) is 0.110. The molecular formula is C27H30K2NO8PS2. The molecule has 0 atom stereocenters. The second-order valence-corrected chi connectivity index (χ2v) is 15.1. The molecule has 0 aliphatic rings. The molecule has 3 rings (SSSR count). The topological polar surface area (TPSA) is 152 Å². The third kappa shape index (κ3) is 10.9.